The molecule has 0 aliphatic heterocycles. The molecule has 17 heavy (non-hydrogen) atoms. The zero-order valence-corrected chi connectivity index (χ0v) is 11.1. The fourth-order valence-corrected chi connectivity index (χ4v) is 2.71. The molecule has 0 N–H and O–H groups in total. The minimum atomic E-state index is -0.983. The molecule has 2 fully saturated rings. The maximum atomic E-state index is 11.0. The monoisotopic (exact) mass is 236 g/mol. The molecule has 0 bridgehead atoms. The fraction of sp³-hybridized carbons (Fsp3) is 0.857. The Morgan fingerprint density at radius 3 is 2.18 bits per heavy atom. The molecular weight excluding hydrogens is 214 g/mol. The summed E-state index contributed by atoms with van der Waals surface area (Å²) in [6.07, 6.45) is 5.56. The van der Waals surface area contributed by atoms with E-state index in [0.717, 1.165) is 37.3 Å². The van der Waals surface area contributed by atoms with Crippen LogP contribution in [0.15, 0.2) is 4.99 Å². The quantitative estimate of drug-likeness (QED) is 0.735. The lowest BCUT2D eigenvalue weighted by Gasteiger charge is -2.34. The SMILES string of the molecule is CC(C)(C)C1CCC(=NC2(C(=O)[O-])CC2)CC1. The zero-order chi connectivity index (χ0) is 12.7. The summed E-state index contributed by atoms with van der Waals surface area (Å²) in [7, 11) is 0. The second kappa shape index (κ2) is 4.11. The Morgan fingerprint density at radius 2 is 1.82 bits per heavy atom. The lowest BCUT2D eigenvalue weighted by molar-refractivity contribution is -0.308. The average Bonchev–Trinajstić information content (AvgIpc) is 2.98. The van der Waals surface area contributed by atoms with Crippen LogP contribution in [-0.2, 0) is 4.79 Å². The third kappa shape index (κ3) is 2.70. The Morgan fingerprint density at radius 1 is 1.29 bits per heavy atom. The van der Waals surface area contributed by atoms with E-state index in [9.17, 15) is 9.90 Å². The molecule has 3 nitrogen and oxygen atoms in total. The van der Waals surface area contributed by atoms with E-state index in [1.54, 1.807) is 0 Å². The van der Waals surface area contributed by atoms with Crippen molar-refractivity contribution in [2.45, 2.75) is 64.8 Å². The van der Waals surface area contributed by atoms with Crippen LogP contribution >= 0.6 is 0 Å². The van der Waals surface area contributed by atoms with Crippen molar-refractivity contribution in [1.29, 1.82) is 0 Å². The lowest BCUT2D eigenvalue weighted by atomic mass is 9.72. The van der Waals surface area contributed by atoms with Crippen molar-refractivity contribution in [3.05, 3.63) is 0 Å². The van der Waals surface area contributed by atoms with Crippen LogP contribution in [0.3, 0.4) is 0 Å². The van der Waals surface area contributed by atoms with Crippen LogP contribution in [0.25, 0.3) is 0 Å². The van der Waals surface area contributed by atoms with E-state index in [4.69, 9.17) is 0 Å². The van der Waals surface area contributed by atoms with Crippen molar-refractivity contribution in [2.24, 2.45) is 16.3 Å². The highest BCUT2D eigenvalue weighted by molar-refractivity contribution is 5.90. The Labute approximate surface area is 103 Å². The van der Waals surface area contributed by atoms with Crippen molar-refractivity contribution >= 4 is 11.7 Å². The summed E-state index contributed by atoms with van der Waals surface area (Å²) in [6.45, 7) is 6.84. The number of aliphatic carboxylic acids is 1. The molecular formula is C14H22NO2-. The normalized spacial score (nSPS) is 27.7. The molecule has 0 aromatic heterocycles. The van der Waals surface area contributed by atoms with Gasteiger partial charge in [-0.2, -0.15) is 0 Å². The van der Waals surface area contributed by atoms with Gasteiger partial charge in [0.1, 0.15) is 5.54 Å². The predicted molar refractivity (Wildman–Crippen MR) is 65.8 cm³/mol. The maximum absolute atomic E-state index is 11.0. The first-order valence-corrected chi connectivity index (χ1v) is 6.62. The van der Waals surface area contributed by atoms with Gasteiger partial charge in [0.25, 0.3) is 0 Å². The zero-order valence-electron chi connectivity index (χ0n) is 11.1. The molecule has 0 unspecified atom stereocenters. The standard InChI is InChI=1S/C14H23NO2/c1-13(2,3)10-4-6-11(7-5-10)15-14(8-9-14)12(16)17/h10H,4-9H2,1-3H3,(H,16,17)/p-1. The van der Waals surface area contributed by atoms with Crippen LogP contribution < -0.4 is 5.11 Å². The number of carbonyl (C=O) groups is 1. The van der Waals surface area contributed by atoms with Crippen LogP contribution in [-0.4, -0.2) is 17.2 Å². The Kier molecular flexibility index (Phi) is 3.04. The number of aliphatic imine (C=N–C) groups is 1. The van der Waals surface area contributed by atoms with Crippen molar-refractivity contribution in [3.8, 4) is 0 Å². The molecule has 96 valence electrons. The van der Waals surface area contributed by atoms with Crippen molar-refractivity contribution in [2.75, 3.05) is 0 Å². The van der Waals surface area contributed by atoms with E-state index >= 15 is 0 Å². The van der Waals surface area contributed by atoms with Gasteiger partial charge in [-0.3, -0.25) is 4.99 Å². The maximum Gasteiger partial charge on any atom is 0.100 e. The summed E-state index contributed by atoms with van der Waals surface area (Å²) in [5.74, 6) is -0.248. The van der Waals surface area contributed by atoms with Crippen LogP contribution in [0.4, 0.5) is 0 Å². The summed E-state index contributed by atoms with van der Waals surface area (Å²) < 4.78 is 0. The molecule has 0 spiro atoms. The Bertz CT molecular complexity index is 338. The van der Waals surface area contributed by atoms with Gasteiger partial charge in [-0.05, 0) is 49.9 Å². The van der Waals surface area contributed by atoms with Gasteiger partial charge in [-0.1, -0.05) is 20.8 Å². The number of carboxylic acid groups (broad SMARTS) is 1. The van der Waals surface area contributed by atoms with Crippen molar-refractivity contribution in [1.82, 2.24) is 0 Å². The highest BCUT2D eigenvalue weighted by Crippen LogP contribution is 2.42. The van der Waals surface area contributed by atoms with Crippen LogP contribution in [0, 0.1) is 11.3 Å². The molecule has 0 atom stereocenters. The van der Waals surface area contributed by atoms with Gasteiger partial charge in [0.15, 0.2) is 0 Å². The van der Waals surface area contributed by atoms with Crippen molar-refractivity contribution in [3.63, 3.8) is 0 Å². The second-order valence-electron chi connectivity index (χ2n) is 6.64. The summed E-state index contributed by atoms with van der Waals surface area (Å²) in [5, 5.41) is 11.0. The molecule has 0 amide bonds. The number of rotatable bonds is 2. The predicted octanol–water partition coefficient (Wildman–Crippen LogP) is 1.95. The molecule has 0 radical (unpaired) electrons. The summed E-state index contributed by atoms with van der Waals surface area (Å²) in [4.78, 5) is 15.4. The topological polar surface area (TPSA) is 52.5 Å². The van der Waals surface area contributed by atoms with Gasteiger partial charge in [0.2, 0.25) is 0 Å². The molecule has 0 heterocycles. The summed E-state index contributed by atoms with van der Waals surface area (Å²) in [5.41, 5.74) is 0.633. The first-order valence-electron chi connectivity index (χ1n) is 6.62. The highest BCUT2D eigenvalue weighted by atomic mass is 16.4. The average molecular weight is 236 g/mol. The lowest BCUT2D eigenvalue weighted by Crippen LogP contribution is -2.37. The van der Waals surface area contributed by atoms with E-state index in [1.165, 1.54) is 0 Å². The molecule has 2 aliphatic carbocycles. The smallest absolute Gasteiger partial charge is 0.100 e. The summed E-state index contributed by atoms with van der Waals surface area (Å²) in [6, 6.07) is 0. The molecule has 2 aliphatic rings. The van der Waals surface area contributed by atoms with E-state index in [-0.39, 0.29) is 0 Å². The van der Waals surface area contributed by atoms with Gasteiger partial charge in [-0.25, -0.2) is 0 Å². The van der Waals surface area contributed by atoms with E-state index in [1.807, 2.05) is 0 Å². The number of hydrogen-bond donors (Lipinski definition) is 0. The molecule has 0 aromatic carbocycles. The molecule has 0 aromatic rings. The van der Waals surface area contributed by atoms with Gasteiger partial charge in [0.05, 0.1) is 5.97 Å². The van der Waals surface area contributed by atoms with Gasteiger partial charge >= 0.3 is 0 Å². The van der Waals surface area contributed by atoms with Crippen molar-refractivity contribution < 1.29 is 9.90 Å². The van der Waals surface area contributed by atoms with E-state index < -0.39 is 11.5 Å². The minimum absolute atomic E-state index is 0.358. The van der Waals surface area contributed by atoms with Gasteiger partial charge in [-0.15, -0.1) is 0 Å². The van der Waals surface area contributed by atoms with Gasteiger partial charge in [0, 0.05) is 5.71 Å². The first-order chi connectivity index (χ1) is 7.83. The number of nitrogens with zero attached hydrogens (tertiary/aromatic N) is 1. The van der Waals surface area contributed by atoms with Crippen LogP contribution in [0.2, 0.25) is 0 Å². The van der Waals surface area contributed by atoms with E-state index in [0.29, 0.717) is 18.3 Å². The van der Waals surface area contributed by atoms with Crippen LogP contribution in [0.5, 0.6) is 0 Å². The third-order valence-electron chi connectivity index (χ3n) is 4.26. The van der Waals surface area contributed by atoms with Crippen LogP contribution in [0.1, 0.15) is 59.3 Å². The summed E-state index contributed by atoms with van der Waals surface area (Å²) >= 11 is 0. The third-order valence-corrected chi connectivity index (χ3v) is 4.26. The number of hydrogen-bond acceptors (Lipinski definition) is 3. The number of carbonyl (C=O) groups excluding carboxylic acids is 1. The Hall–Kier alpha value is -0.860. The minimum Gasteiger partial charge on any atom is -0.547 e. The van der Waals surface area contributed by atoms with Gasteiger partial charge < -0.3 is 9.90 Å². The number of carboxylic acids is 1. The molecule has 3 heteroatoms. The van der Waals surface area contributed by atoms with E-state index in [2.05, 4.69) is 25.8 Å². The highest BCUT2D eigenvalue weighted by Gasteiger charge is 2.44. The molecule has 0 saturated heterocycles. The second-order valence-corrected chi connectivity index (χ2v) is 6.64. The first kappa shape index (κ1) is 12.6. The largest absolute Gasteiger partial charge is 0.547 e. The Balaban J connectivity index is 1.96. The molecule has 2 saturated carbocycles. The fourth-order valence-electron chi connectivity index (χ4n) is 2.71. The molecule has 2 rings (SSSR count).